The van der Waals surface area contributed by atoms with Crippen LogP contribution in [0.4, 0.5) is 0 Å². The van der Waals surface area contributed by atoms with Crippen LogP contribution in [0.3, 0.4) is 0 Å². The minimum Gasteiger partial charge on any atom is -0.443 e. The van der Waals surface area contributed by atoms with Gasteiger partial charge in [0.1, 0.15) is 5.76 Å². The first-order chi connectivity index (χ1) is 13.5. The van der Waals surface area contributed by atoms with E-state index in [0.29, 0.717) is 24.9 Å². The van der Waals surface area contributed by atoms with Crippen molar-refractivity contribution in [3.8, 4) is 0 Å². The van der Waals surface area contributed by atoms with E-state index in [1.807, 2.05) is 29.1 Å². The van der Waals surface area contributed by atoms with E-state index in [4.69, 9.17) is 4.42 Å². The van der Waals surface area contributed by atoms with Gasteiger partial charge in [-0.2, -0.15) is 5.10 Å². The van der Waals surface area contributed by atoms with Crippen molar-refractivity contribution in [3.63, 3.8) is 0 Å². The lowest BCUT2D eigenvalue weighted by Crippen LogP contribution is -2.36. The maximum atomic E-state index is 5.82. The standard InChI is InChI=1S/C21H28N6O/c1-21(2,3)18-13-23-19(28-18)14-25-20(22-4)24-12-16-8-5-6-9-17(16)15-27-11-7-10-26-27/h5-11,13H,12,14-15H2,1-4H3,(H2,22,24,25). The summed E-state index contributed by atoms with van der Waals surface area (Å²) in [7, 11) is 1.75. The molecule has 3 aromatic rings. The van der Waals surface area contributed by atoms with Crippen molar-refractivity contribution < 1.29 is 4.42 Å². The molecule has 0 bridgehead atoms. The lowest BCUT2D eigenvalue weighted by molar-refractivity contribution is 0.379. The summed E-state index contributed by atoms with van der Waals surface area (Å²) < 4.78 is 7.74. The molecule has 0 radical (unpaired) electrons. The van der Waals surface area contributed by atoms with Crippen LogP contribution in [0.1, 0.15) is 43.5 Å². The van der Waals surface area contributed by atoms with Crippen LogP contribution in [0, 0.1) is 0 Å². The van der Waals surface area contributed by atoms with Crippen LogP contribution in [-0.2, 0) is 25.0 Å². The van der Waals surface area contributed by atoms with Gasteiger partial charge in [0.05, 0.1) is 19.3 Å². The molecule has 0 fully saturated rings. The van der Waals surface area contributed by atoms with E-state index in [9.17, 15) is 0 Å². The van der Waals surface area contributed by atoms with E-state index >= 15 is 0 Å². The largest absolute Gasteiger partial charge is 0.443 e. The van der Waals surface area contributed by atoms with Gasteiger partial charge in [-0.1, -0.05) is 45.0 Å². The van der Waals surface area contributed by atoms with Gasteiger partial charge in [0.15, 0.2) is 5.96 Å². The Morgan fingerprint density at radius 3 is 2.50 bits per heavy atom. The molecule has 0 aliphatic heterocycles. The summed E-state index contributed by atoms with van der Waals surface area (Å²) in [6.45, 7) is 8.19. The fourth-order valence-electron chi connectivity index (χ4n) is 2.75. The molecular weight excluding hydrogens is 352 g/mol. The quantitative estimate of drug-likeness (QED) is 0.507. The van der Waals surface area contributed by atoms with Gasteiger partial charge in [-0.05, 0) is 17.2 Å². The highest BCUT2D eigenvalue weighted by atomic mass is 16.4. The molecule has 0 aliphatic carbocycles. The van der Waals surface area contributed by atoms with Gasteiger partial charge >= 0.3 is 0 Å². The molecule has 7 heteroatoms. The maximum Gasteiger partial charge on any atom is 0.213 e. The summed E-state index contributed by atoms with van der Waals surface area (Å²) in [5.41, 5.74) is 2.37. The molecule has 28 heavy (non-hydrogen) atoms. The van der Waals surface area contributed by atoms with Gasteiger partial charge < -0.3 is 15.1 Å². The van der Waals surface area contributed by atoms with Gasteiger partial charge in [0.2, 0.25) is 5.89 Å². The Labute approximate surface area is 165 Å². The fourth-order valence-corrected chi connectivity index (χ4v) is 2.75. The number of aromatic nitrogens is 3. The molecule has 0 amide bonds. The average molecular weight is 380 g/mol. The van der Waals surface area contributed by atoms with Crippen molar-refractivity contribution in [1.82, 2.24) is 25.4 Å². The molecule has 0 unspecified atom stereocenters. The molecule has 2 aromatic heterocycles. The molecule has 0 spiro atoms. The lowest BCUT2D eigenvalue weighted by atomic mass is 9.94. The Bertz CT molecular complexity index is 905. The molecule has 7 nitrogen and oxygen atoms in total. The first-order valence-electron chi connectivity index (χ1n) is 9.39. The van der Waals surface area contributed by atoms with E-state index in [2.05, 4.69) is 58.6 Å². The second-order valence-electron chi connectivity index (χ2n) is 7.62. The number of hydrogen-bond donors (Lipinski definition) is 2. The summed E-state index contributed by atoms with van der Waals surface area (Å²) in [5.74, 6) is 2.22. The number of nitrogens with zero attached hydrogens (tertiary/aromatic N) is 4. The predicted molar refractivity (Wildman–Crippen MR) is 110 cm³/mol. The molecule has 148 valence electrons. The molecular formula is C21H28N6O. The Kier molecular flexibility index (Phi) is 6.13. The molecule has 1 aromatic carbocycles. The van der Waals surface area contributed by atoms with Crippen LogP contribution in [0.25, 0.3) is 0 Å². The SMILES string of the molecule is CN=C(NCc1ncc(C(C)(C)C)o1)NCc1ccccc1Cn1cccn1. The lowest BCUT2D eigenvalue weighted by Gasteiger charge is -2.14. The van der Waals surface area contributed by atoms with Gasteiger partial charge in [-0.15, -0.1) is 0 Å². The van der Waals surface area contributed by atoms with E-state index in [1.54, 1.807) is 19.4 Å². The maximum absolute atomic E-state index is 5.82. The van der Waals surface area contributed by atoms with Crippen LogP contribution in [0.2, 0.25) is 0 Å². The summed E-state index contributed by atoms with van der Waals surface area (Å²) in [6.07, 6.45) is 5.55. The third kappa shape index (κ3) is 5.22. The third-order valence-electron chi connectivity index (χ3n) is 4.38. The van der Waals surface area contributed by atoms with Crippen molar-refractivity contribution in [2.45, 2.75) is 45.8 Å². The van der Waals surface area contributed by atoms with Crippen LogP contribution in [-0.4, -0.2) is 27.8 Å². The number of guanidine groups is 1. The second kappa shape index (κ2) is 8.73. The Hall–Kier alpha value is -3.09. The summed E-state index contributed by atoms with van der Waals surface area (Å²) in [6, 6.07) is 10.3. The second-order valence-corrected chi connectivity index (χ2v) is 7.62. The smallest absolute Gasteiger partial charge is 0.213 e. The number of hydrogen-bond acceptors (Lipinski definition) is 4. The first-order valence-corrected chi connectivity index (χ1v) is 9.39. The normalized spacial score (nSPS) is 12.2. The van der Waals surface area contributed by atoms with Gasteiger partial charge in [-0.3, -0.25) is 9.67 Å². The topological polar surface area (TPSA) is 80.3 Å². The van der Waals surface area contributed by atoms with Crippen molar-refractivity contribution in [1.29, 1.82) is 0 Å². The zero-order valence-electron chi connectivity index (χ0n) is 16.9. The Morgan fingerprint density at radius 2 is 1.86 bits per heavy atom. The monoisotopic (exact) mass is 380 g/mol. The van der Waals surface area contributed by atoms with Crippen molar-refractivity contribution in [2.24, 2.45) is 4.99 Å². The average Bonchev–Trinajstić information content (AvgIpc) is 3.34. The minimum atomic E-state index is -0.0521. The minimum absolute atomic E-state index is 0.0521. The van der Waals surface area contributed by atoms with Gasteiger partial charge in [-0.25, -0.2) is 4.98 Å². The van der Waals surface area contributed by atoms with E-state index in [-0.39, 0.29) is 5.41 Å². The molecule has 0 saturated heterocycles. The van der Waals surface area contributed by atoms with Crippen LogP contribution < -0.4 is 10.6 Å². The van der Waals surface area contributed by atoms with Crippen molar-refractivity contribution >= 4 is 5.96 Å². The molecule has 0 saturated carbocycles. The van der Waals surface area contributed by atoms with Gasteiger partial charge in [0, 0.05) is 31.4 Å². The Balaban J connectivity index is 1.57. The number of rotatable bonds is 6. The zero-order chi connectivity index (χ0) is 20.0. The van der Waals surface area contributed by atoms with Crippen molar-refractivity contribution in [2.75, 3.05) is 7.05 Å². The fraction of sp³-hybridized carbons (Fsp3) is 0.381. The predicted octanol–water partition coefficient (Wildman–Crippen LogP) is 3.08. The molecule has 3 rings (SSSR count). The number of benzene rings is 1. The molecule has 0 aliphatic rings. The third-order valence-corrected chi connectivity index (χ3v) is 4.38. The number of nitrogens with one attached hydrogen (secondary N) is 2. The summed E-state index contributed by atoms with van der Waals surface area (Å²) in [5, 5.41) is 10.9. The van der Waals surface area contributed by atoms with Crippen LogP contribution >= 0.6 is 0 Å². The van der Waals surface area contributed by atoms with Crippen LogP contribution in [0.5, 0.6) is 0 Å². The van der Waals surface area contributed by atoms with Crippen LogP contribution in [0.15, 0.2) is 58.3 Å². The van der Waals surface area contributed by atoms with E-state index in [1.165, 1.54) is 11.1 Å². The highest BCUT2D eigenvalue weighted by Crippen LogP contribution is 2.22. The van der Waals surface area contributed by atoms with E-state index < -0.39 is 0 Å². The summed E-state index contributed by atoms with van der Waals surface area (Å²) in [4.78, 5) is 8.63. The van der Waals surface area contributed by atoms with E-state index in [0.717, 1.165) is 12.3 Å². The molecule has 2 heterocycles. The highest BCUT2D eigenvalue weighted by Gasteiger charge is 2.19. The highest BCUT2D eigenvalue weighted by molar-refractivity contribution is 5.79. The van der Waals surface area contributed by atoms with Crippen molar-refractivity contribution in [3.05, 3.63) is 71.7 Å². The molecule has 2 N–H and O–H groups in total. The summed E-state index contributed by atoms with van der Waals surface area (Å²) >= 11 is 0. The zero-order valence-corrected chi connectivity index (χ0v) is 16.9. The Morgan fingerprint density at radius 1 is 1.11 bits per heavy atom. The molecule has 0 atom stereocenters. The number of aliphatic imine (C=N–C) groups is 1. The van der Waals surface area contributed by atoms with Gasteiger partial charge in [0.25, 0.3) is 0 Å². The number of oxazole rings is 1. The first kappa shape index (κ1) is 19.7.